The van der Waals surface area contributed by atoms with Crippen LogP contribution in [0.1, 0.15) is 63.4 Å². The minimum atomic E-state index is -5.10. The van der Waals surface area contributed by atoms with Crippen molar-refractivity contribution in [2.45, 2.75) is 45.2 Å². The topological polar surface area (TPSA) is 102 Å². The van der Waals surface area contributed by atoms with Gasteiger partial charge in [0.2, 0.25) is 0 Å². The second-order valence-electron chi connectivity index (χ2n) is 9.25. The summed E-state index contributed by atoms with van der Waals surface area (Å²) in [4.78, 5) is 35.8. The van der Waals surface area contributed by atoms with Crippen LogP contribution in [0.4, 0.5) is 26.3 Å². The normalized spacial score (nSPS) is 17.0. The van der Waals surface area contributed by atoms with Gasteiger partial charge < -0.3 is 15.0 Å². The average Bonchev–Trinajstić information content (AvgIpc) is 3.29. The van der Waals surface area contributed by atoms with Gasteiger partial charge in [-0.15, -0.1) is 5.10 Å². The Kier molecular flexibility index (Phi) is 7.87. The first kappa shape index (κ1) is 29.0. The predicted molar refractivity (Wildman–Crippen MR) is 128 cm³/mol. The minimum absolute atomic E-state index is 0.0556. The molecule has 0 bridgehead atoms. The van der Waals surface area contributed by atoms with Crippen molar-refractivity contribution in [3.05, 3.63) is 70.4 Å². The van der Waals surface area contributed by atoms with Crippen molar-refractivity contribution in [2.75, 3.05) is 19.8 Å². The highest BCUT2D eigenvalue weighted by Gasteiger charge is 2.37. The van der Waals surface area contributed by atoms with E-state index >= 15 is 0 Å². The highest BCUT2D eigenvalue weighted by atomic mass is 19.4. The molecule has 2 amide bonds. The van der Waals surface area contributed by atoms with Crippen LogP contribution in [0.2, 0.25) is 0 Å². The monoisotopic (exact) mass is 570 g/mol. The number of hydrogen-bond acceptors (Lipinski definition) is 6. The highest BCUT2D eigenvalue weighted by molar-refractivity contribution is 5.95. The molecule has 1 fully saturated rings. The largest absolute Gasteiger partial charge is 0.416 e. The Hall–Kier alpha value is -4.01. The molecule has 2 atom stereocenters. The fourth-order valence-corrected chi connectivity index (χ4v) is 4.14. The van der Waals surface area contributed by atoms with E-state index < -0.39 is 41.0 Å². The Labute approximate surface area is 224 Å². The van der Waals surface area contributed by atoms with E-state index in [0.717, 1.165) is 0 Å². The third-order valence-electron chi connectivity index (χ3n) is 6.16. The Morgan fingerprint density at radius 3 is 2.25 bits per heavy atom. The molecule has 1 aliphatic heterocycles. The third kappa shape index (κ3) is 6.24. The number of hydrogen-bond donors (Lipinski definition) is 1. The molecule has 214 valence electrons. The zero-order chi connectivity index (χ0) is 29.4. The number of carbonyl (C=O) groups is 2. The second kappa shape index (κ2) is 10.9. The van der Waals surface area contributed by atoms with Crippen molar-refractivity contribution in [1.29, 1.82) is 0 Å². The molecular formula is C25H24F6N6O3. The van der Waals surface area contributed by atoms with E-state index in [9.17, 15) is 35.9 Å². The fourth-order valence-electron chi connectivity index (χ4n) is 4.14. The van der Waals surface area contributed by atoms with E-state index in [1.54, 1.807) is 11.8 Å². The van der Waals surface area contributed by atoms with E-state index in [4.69, 9.17) is 4.74 Å². The molecule has 15 heteroatoms. The SMILES string of the molecule is Cc1nc([C@H](C)NC(=O)c2cc(C(F)(F)F)cc(C(F)(F)F)c2)n(-c2ccc(C(=O)N3CCOC[C@@H]3C)cn2)n1. The number of halogens is 6. The summed E-state index contributed by atoms with van der Waals surface area (Å²) >= 11 is 0. The summed E-state index contributed by atoms with van der Waals surface area (Å²) in [6.07, 6.45) is -8.85. The van der Waals surface area contributed by atoms with Gasteiger partial charge in [0.1, 0.15) is 5.82 Å². The molecular weight excluding hydrogens is 546 g/mol. The van der Waals surface area contributed by atoms with Crippen LogP contribution in [0.3, 0.4) is 0 Å². The first-order valence-electron chi connectivity index (χ1n) is 12.0. The lowest BCUT2D eigenvalue weighted by atomic mass is 10.0. The molecule has 0 aliphatic carbocycles. The molecule has 3 aromatic rings. The maximum Gasteiger partial charge on any atom is 0.416 e. The Bertz CT molecular complexity index is 1370. The number of nitrogens with zero attached hydrogens (tertiary/aromatic N) is 5. The summed E-state index contributed by atoms with van der Waals surface area (Å²) in [5, 5.41) is 6.61. The molecule has 0 spiro atoms. The predicted octanol–water partition coefficient (Wildman–Crippen LogP) is 4.36. The Balaban J connectivity index is 1.57. The molecule has 1 aliphatic rings. The maximum atomic E-state index is 13.2. The van der Waals surface area contributed by atoms with Crippen molar-refractivity contribution in [3.8, 4) is 5.82 Å². The van der Waals surface area contributed by atoms with E-state index in [2.05, 4.69) is 20.4 Å². The van der Waals surface area contributed by atoms with Crippen molar-refractivity contribution >= 4 is 11.8 Å². The first-order chi connectivity index (χ1) is 18.6. The molecule has 40 heavy (non-hydrogen) atoms. The Morgan fingerprint density at radius 2 is 1.70 bits per heavy atom. The van der Waals surface area contributed by atoms with Gasteiger partial charge in [0.25, 0.3) is 11.8 Å². The van der Waals surface area contributed by atoms with Crippen LogP contribution in [0.15, 0.2) is 36.5 Å². The van der Waals surface area contributed by atoms with Gasteiger partial charge in [-0.1, -0.05) is 0 Å². The fraction of sp³-hybridized carbons (Fsp3) is 0.400. The van der Waals surface area contributed by atoms with Gasteiger partial charge in [0.15, 0.2) is 11.6 Å². The van der Waals surface area contributed by atoms with Crippen molar-refractivity contribution < 1.29 is 40.7 Å². The van der Waals surface area contributed by atoms with Gasteiger partial charge in [-0.3, -0.25) is 9.59 Å². The van der Waals surface area contributed by atoms with Crippen molar-refractivity contribution in [2.24, 2.45) is 0 Å². The molecule has 2 aromatic heterocycles. The van der Waals surface area contributed by atoms with Crippen LogP contribution in [-0.4, -0.2) is 62.3 Å². The number of benzene rings is 1. The number of carbonyl (C=O) groups excluding carboxylic acids is 2. The molecule has 1 saturated heterocycles. The summed E-state index contributed by atoms with van der Waals surface area (Å²) in [7, 11) is 0. The molecule has 0 saturated carbocycles. The van der Waals surface area contributed by atoms with E-state index in [0.29, 0.717) is 37.5 Å². The quantitative estimate of drug-likeness (QED) is 0.458. The number of amides is 2. The zero-order valence-electron chi connectivity index (χ0n) is 21.5. The molecule has 9 nitrogen and oxygen atoms in total. The lowest BCUT2D eigenvalue weighted by Gasteiger charge is -2.33. The van der Waals surface area contributed by atoms with Crippen LogP contribution in [0.25, 0.3) is 5.82 Å². The van der Waals surface area contributed by atoms with Crippen molar-refractivity contribution in [3.63, 3.8) is 0 Å². The smallest absolute Gasteiger partial charge is 0.377 e. The summed E-state index contributed by atoms with van der Waals surface area (Å²) in [6.45, 7) is 6.12. The maximum absolute atomic E-state index is 13.2. The second-order valence-corrected chi connectivity index (χ2v) is 9.25. The molecule has 4 rings (SSSR count). The molecule has 3 heterocycles. The molecule has 1 aromatic carbocycles. The van der Waals surface area contributed by atoms with Gasteiger partial charge in [0.05, 0.1) is 42.0 Å². The number of ether oxygens (including phenoxy) is 1. The first-order valence-corrected chi connectivity index (χ1v) is 12.0. The third-order valence-corrected chi connectivity index (χ3v) is 6.16. The van der Waals surface area contributed by atoms with Crippen molar-refractivity contribution in [1.82, 2.24) is 30.0 Å². The highest BCUT2D eigenvalue weighted by Crippen LogP contribution is 2.36. The number of morpholine rings is 1. The summed E-state index contributed by atoms with van der Waals surface area (Å²) < 4.78 is 85.9. The Morgan fingerprint density at radius 1 is 1.05 bits per heavy atom. The number of alkyl halides is 6. The standard InChI is InChI=1S/C25H24F6N6O3/c1-13-12-40-7-6-36(13)23(39)16-4-5-20(32-11-16)37-21(34-15(3)35-37)14(2)33-22(38)17-8-18(24(26,27)28)10-19(9-17)25(29,30)31/h4-5,8-11,13-14H,6-7,12H2,1-3H3,(H,33,38)/t13-,14-/m0/s1. The average molecular weight is 570 g/mol. The van der Waals surface area contributed by atoms with Crippen LogP contribution in [0, 0.1) is 6.92 Å². The van der Waals surface area contributed by atoms with Gasteiger partial charge in [-0.2, -0.15) is 31.0 Å². The lowest BCUT2D eigenvalue weighted by molar-refractivity contribution is -0.143. The van der Waals surface area contributed by atoms with E-state index in [1.807, 2.05) is 6.92 Å². The minimum Gasteiger partial charge on any atom is -0.377 e. The summed E-state index contributed by atoms with van der Waals surface area (Å²) in [5.41, 5.74) is -3.72. The van der Waals surface area contributed by atoms with Gasteiger partial charge >= 0.3 is 12.4 Å². The summed E-state index contributed by atoms with van der Waals surface area (Å²) in [6, 6.07) is 2.57. The van der Waals surface area contributed by atoms with E-state index in [1.165, 1.54) is 29.9 Å². The van der Waals surface area contributed by atoms with Crippen LogP contribution in [0.5, 0.6) is 0 Å². The van der Waals surface area contributed by atoms with E-state index in [-0.39, 0.29) is 35.5 Å². The molecule has 1 N–H and O–H groups in total. The molecule has 0 radical (unpaired) electrons. The van der Waals surface area contributed by atoms with Gasteiger partial charge in [0, 0.05) is 18.3 Å². The van der Waals surface area contributed by atoms with Gasteiger partial charge in [-0.25, -0.2) is 9.97 Å². The molecule has 0 unspecified atom stereocenters. The van der Waals surface area contributed by atoms with Crippen LogP contribution >= 0.6 is 0 Å². The number of aryl methyl sites for hydroxylation is 1. The summed E-state index contributed by atoms with van der Waals surface area (Å²) in [5.74, 6) is -0.808. The van der Waals surface area contributed by atoms with Gasteiger partial charge in [-0.05, 0) is 51.1 Å². The number of nitrogens with one attached hydrogen (secondary N) is 1. The van der Waals surface area contributed by atoms with Crippen LogP contribution < -0.4 is 5.32 Å². The lowest BCUT2D eigenvalue weighted by Crippen LogP contribution is -2.47. The zero-order valence-corrected chi connectivity index (χ0v) is 21.5. The number of pyridine rings is 1. The van der Waals surface area contributed by atoms with Crippen LogP contribution in [-0.2, 0) is 17.1 Å². The number of rotatable bonds is 5. The number of aromatic nitrogens is 4.